The molecule has 2 aromatic heterocycles. The molecule has 0 aromatic carbocycles. The van der Waals surface area contributed by atoms with E-state index in [1.54, 1.807) is 0 Å². The second kappa shape index (κ2) is 10.4. The molecule has 4 rings (SSSR count). The SMILES string of the molecule is N#CC1(COc2nc(C(=O)NCC(F)(F)F)cc(N3CCC(COc4cncnc4N)CC3)n2)CC1. The second-order valence-corrected chi connectivity index (χ2v) is 8.89. The number of rotatable bonds is 9. The summed E-state index contributed by atoms with van der Waals surface area (Å²) in [6.07, 6.45) is 1.11. The van der Waals surface area contributed by atoms with E-state index in [1.807, 2.05) is 10.2 Å². The number of alkyl halides is 3. The lowest BCUT2D eigenvalue weighted by Gasteiger charge is -2.32. The van der Waals surface area contributed by atoms with Gasteiger partial charge in [-0.15, -0.1) is 0 Å². The highest BCUT2D eigenvalue weighted by molar-refractivity contribution is 5.93. The number of aromatic nitrogens is 4. The summed E-state index contributed by atoms with van der Waals surface area (Å²) in [5.41, 5.74) is 4.92. The van der Waals surface area contributed by atoms with Crippen LogP contribution in [0.3, 0.4) is 0 Å². The third-order valence-corrected chi connectivity index (χ3v) is 6.06. The van der Waals surface area contributed by atoms with Crippen LogP contribution in [0.1, 0.15) is 36.2 Å². The van der Waals surface area contributed by atoms with Crippen molar-refractivity contribution in [3.05, 3.63) is 24.3 Å². The van der Waals surface area contributed by atoms with Crippen LogP contribution in [-0.2, 0) is 0 Å². The van der Waals surface area contributed by atoms with Crippen molar-refractivity contribution < 1.29 is 27.4 Å². The zero-order chi connectivity index (χ0) is 25.8. The number of nitrogens with zero attached hydrogens (tertiary/aromatic N) is 6. The highest BCUT2D eigenvalue weighted by Gasteiger charge is 2.44. The van der Waals surface area contributed by atoms with Crippen LogP contribution in [0.25, 0.3) is 0 Å². The molecule has 0 bridgehead atoms. The maximum Gasteiger partial charge on any atom is 0.405 e. The standard InChI is InChI=1S/C22H25F3N8O3/c23-22(24,25)11-29-19(34)15-7-17(32-20(31-15)36-12-21(10-26)3-4-21)33-5-1-14(2-6-33)9-35-16-8-28-13-30-18(16)27/h7-8,13-14H,1-6,9,11-12H2,(H,29,34)(H2,27,28,30). The smallest absolute Gasteiger partial charge is 0.405 e. The Balaban J connectivity index is 1.42. The molecular formula is C22H25F3N8O3. The van der Waals surface area contributed by atoms with Crippen molar-refractivity contribution in [1.82, 2.24) is 25.3 Å². The largest absolute Gasteiger partial charge is 0.488 e. The Hall–Kier alpha value is -3.89. The summed E-state index contributed by atoms with van der Waals surface area (Å²) >= 11 is 0. The van der Waals surface area contributed by atoms with E-state index in [9.17, 15) is 23.2 Å². The maximum absolute atomic E-state index is 12.6. The van der Waals surface area contributed by atoms with Crippen LogP contribution >= 0.6 is 0 Å². The van der Waals surface area contributed by atoms with Gasteiger partial charge in [-0.2, -0.15) is 28.4 Å². The molecule has 1 saturated heterocycles. The van der Waals surface area contributed by atoms with Crippen LogP contribution in [0.4, 0.5) is 24.8 Å². The lowest BCUT2D eigenvalue weighted by molar-refractivity contribution is -0.123. The first-order valence-corrected chi connectivity index (χ1v) is 11.4. The highest BCUT2D eigenvalue weighted by Crippen LogP contribution is 2.44. The summed E-state index contributed by atoms with van der Waals surface area (Å²) in [5.74, 6) is 0.264. The summed E-state index contributed by atoms with van der Waals surface area (Å²) in [7, 11) is 0. The third-order valence-electron chi connectivity index (χ3n) is 6.06. The Morgan fingerprint density at radius 1 is 1.28 bits per heavy atom. The van der Waals surface area contributed by atoms with Gasteiger partial charge in [0.25, 0.3) is 5.91 Å². The quantitative estimate of drug-likeness (QED) is 0.517. The number of amides is 1. The molecule has 1 amide bonds. The zero-order valence-electron chi connectivity index (χ0n) is 19.3. The number of nitrogen functional groups attached to an aromatic ring is 1. The Morgan fingerprint density at radius 2 is 2.03 bits per heavy atom. The minimum absolute atomic E-state index is 0.0440. The van der Waals surface area contributed by atoms with Gasteiger partial charge in [-0.25, -0.2) is 9.97 Å². The Bertz CT molecular complexity index is 1130. The normalized spacial score (nSPS) is 17.2. The van der Waals surface area contributed by atoms with Crippen molar-refractivity contribution in [2.75, 3.05) is 43.5 Å². The van der Waals surface area contributed by atoms with E-state index in [4.69, 9.17) is 15.2 Å². The summed E-state index contributed by atoms with van der Waals surface area (Å²) in [6.45, 7) is 0.114. The van der Waals surface area contributed by atoms with Crippen molar-refractivity contribution in [1.29, 1.82) is 5.26 Å². The molecule has 11 nitrogen and oxygen atoms in total. The summed E-state index contributed by atoms with van der Waals surface area (Å²) in [6, 6.07) is 3.37. The minimum Gasteiger partial charge on any atom is -0.488 e. The zero-order valence-corrected chi connectivity index (χ0v) is 19.3. The second-order valence-electron chi connectivity index (χ2n) is 8.89. The molecule has 2 aromatic rings. The number of carbonyl (C=O) groups excluding carboxylic acids is 1. The van der Waals surface area contributed by atoms with Crippen molar-refractivity contribution in [3.63, 3.8) is 0 Å². The van der Waals surface area contributed by atoms with Crippen molar-refractivity contribution in [3.8, 4) is 17.8 Å². The van der Waals surface area contributed by atoms with E-state index in [0.29, 0.717) is 44.1 Å². The highest BCUT2D eigenvalue weighted by atomic mass is 19.4. The molecule has 3 N–H and O–H groups in total. The molecular weight excluding hydrogens is 481 g/mol. The Labute approximate surface area is 204 Å². The predicted molar refractivity (Wildman–Crippen MR) is 120 cm³/mol. The van der Waals surface area contributed by atoms with Crippen molar-refractivity contribution in [2.45, 2.75) is 31.9 Å². The average Bonchev–Trinajstić information content (AvgIpc) is 3.66. The minimum atomic E-state index is -4.56. The fourth-order valence-corrected chi connectivity index (χ4v) is 3.64. The predicted octanol–water partition coefficient (Wildman–Crippen LogP) is 2.12. The molecule has 36 heavy (non-hydrogen) atoms. The van der Waals surface area contributed by atoms with E-state index < -0.39 is 24.0 Å². The first-order valence-electron chi connectivity index (χ1n) is 11.4. The summed E-state index contributed by atoms with van der Waals surface area (Å²) < 4.78 is 49.1. The number of nitrogens with one attached hydrogen (secondary N) is 1. The van der Waals surface area contributed by atoms with Crippen LogP contribution in [-0.4, -0.2) is 64.9 Å². The lowest BCUT2D eigenvalue weighted by Crippen LogP contribution is -2.37. The van der Waals surface area contributed by atoms with Gasteiger partial charge < -0.3 is 25.4 Å². The molecule has 1 aliphatic heterocycles. The van der Waals surface area contributed by atoms with E-state index >= 15 is 0 Å². The molecule has 14 heteroatoms. The number of ether oxygens (including phenoxy) is 2. The third kappa shape index (κ3) is 6.61. The molecule has 1 aliphatic carbocycles. The number of hydrogen-bond acceptors (Lipinski definition) is 10. The van der Waals surface area contributed by atoms with Gasteiger partial charge in [0.05, 0.1) is 24.3 Å². The van der Waals surface area contributed by atoms with Gasteiger partial charge in [0, 0.05) is 19.2 Å². The van der Waals surface area contributed by atoms with E-state index in [0.717, 1.165) is 12.8 Å². The fraction of sp³-hybridized carbons (Fsp3) is 0.545. The molecule has 0 atom stereocenters. The molecule has 1 saturated carbocycles. The molecule has 192 valence electrons. The lowest BCUT2D eigenvalue weighted by atomic mass is 9.98. The number of anilines is 2. The fourth-order valence-electron chi connectivity index (χ4n) is 3.64. The van der Waals surface area contributed by atoms with Gasteiger partial charge in [-0.05, 0) is 31.6 Å². The molecule has 0 spiro atoms. The summed E-state index contributed by atoms with van der Waals surface area (Å²) in [4.78, 5) is 30.4. The molecule has 2 fully saturated rings. The number of nitriles is 1. The van der Waals surface area contributed by atoms with Crippen LogP contribution in [0.2, 0.25) is 0 Å². The van der Waals surface area contributed by atoms with Crippen LogP contribution in [0.15, 0.2) is 18.6 Å². The van der Waals surface area contributed by atoms with E-state index in [2.05, 4.69) is 26.0 Å². The molecule has 0 unspecified atom stereocenters. The Morgan fingerprint density at radius 3 is 2.67 bits per heavy atom. The topological polar surface area (TPSA) is 152 Å². The number of piperidine rings is 1. The number of hydrogen-bond donors (Lipinski definition) is 2. The number of halogens is 3. The first kappa shape index (κ1) is 25.2. The number of nitrogens with two attached hydrogens (primary N) is 1. The maximum atomic E-state index is 12.6. The monoisotopic (exact) mass is 506 g/mol. The van der Waals surface area contributed by atoms with Gasteiger partial charge >= 0.3 is 12.2 Å². The van der Waals surface area contributed by atoms with Crippen LogP contribution in [0.5, 0.6) is 11.8 Å². The van der Waals surface area contributed by atoms with Gasteiger partial charge in [0.2, 0.25) is 0 Å². The van der Waals surface area contributed by atoms with Crippen molar-refractivity contribution in [2.24, 2.45) is 11.3 Å². The van der Waals surface area contributed by atoms with Crippen molar-refractivity contribution >= 4 is 17.5 Å². The molecule has 3 heterocycles. The Kier molecular flexibility index (Phi) is 7.27. The molecule has 0 radical (unpaired) electrons. The van der Waals surface area contributed by atoms with Gasteiger partial charge in [-0.3, -0.25) is 4.79 Å². The van der Waals surface area contributed by atoms with Gasteiger partial charge in [-0.1, -0.05) is 0 Å². The van der Waals surface area contributed by atoms with Crippen LogP contribution in [0, 0.1) is 22.7 Å². The van der Waals surface area contributed by atoms with Gasteiger partial charge in [0.15, 0.2) is 11.6 Å². The summed E-state index contributed by atoms with van der Waals surface area (Å²) in [5, 5.41) is 11.1. The number of carbonyl (C=O) groups is 1. The van der Waals surface area contributed by atoms with Gasteiger partial charge in [0.1, 0.15) is 31.0 Å². The average molecular weight is 506 g/mol. The first-order chi connectivity index (χ1) is 17.2. The van der Waals surface area contributed by atoms with E-state index in [-0.39, 0.29) is 30.0 Å². The van der Waals surface area contributed by atoms with E-state index in [1.165, 1.54) is 18.6 Å². The molecule has 2 aliphatic rings. The van der Waals surface area contributed by atoms with Crippen LogP contribution < -0.4 is 25.4 Å².